The Morgan fingerprint density at radius 3 is 2.63 bits per heavy atom. The summed E-state index contributed by atoms with van der Waals surface area (Å²) < 4.78 is 7.45. The van der Waals surface area contributed by atoms with Gasteiger partial charge in [0.2, 0.25) is 11.0 Å². The van der Waals surface area contributed by atoms with Crippen LogP contribution in [0.15, 0.2) is 18.2 Å². The van der Waals surface area contributed by atoms with Crippen LogP contribution >= 0.6 is 11.3 Å². The van der Waals surface area contributed by atoms with Crippen molar-refractivity contribution < 1.29 is 19.4 Å². The number of nitrogens with zero attached hydrogens (tertiary/aromatic N) is 6. The Morgan fingerprint density at radius 1 is 1.26 bits per heavy atom. The number of fused-ring (bicyclic) bond motifs is 1. The molecule has 1 aromatic carbocycles. The smallest absolute Gasteiger partial charge is 0.405 e. The van der Waals surface area contributed by atoms with Crippen LogP contribution in [-0.2, 0) is 17.8 Å². The third-order valence-electron chi connectivity index (χ3n) is 6.29. The molecule has 0 bridgehead atoms. The molecule has 12 heteroatoms. The van der Waals surface area contributed by atoms with Gasteiger partial charge < -0.3 is 20.1 Å². The number of aromatic nitrogens is 4. The molecular weight excluding hydrogens is 506 g/mol. The maximum Gasteiger partial charge on any atom is 0.405 e. The molecule has 3 aromatic rings. The quantitative estimate of drug-likeness (QED) is 0.481. The van der Waals surface area contributed by atoms with Crippen LogP contribution < -0.4 is 10.1 Å². The van der Waals surface area contributed by atoms with Gasteiger partial charge in [-0.05, 0) is 44.4 Å². The highest BCUT2D eigenvalue weighted by Crippen LogP contribution is 2.32. The predicted molar refractivity (Wildman–Crippen MR) is 141 cm³/mol. The van der Waals surface area contributed by atoms with Crippen molar-refractivity contribution in [1.29, 1.82) is 5.26 Å². The first kappa shape index (κ1) is 27.1. The highest BCUT2D eigenvalue weighted by Gasteiger charge is 2.37. The summed E-state index contributed by atoms with van der Waals surface area (Å²) in [5, 5.41) is 35.8. The summed E-state index contributed by atoms with van der Waals surface area (Å²) in [7, 11) is 0. The molecule has 0 radical (unpaired) electrons. The highest BCUT2D eigenvalue weighted by atomic mass is 32.1. The number of nitrogens with one attached hydrogen (secondary N) is 1. The van der Waals surface area contributed by atoms with Gasteiger partial charge in [0.25, 0.3) is 0 Å². The van der Waals surface area contributed by atoms with E-state index in [2.05, 4.69) is 21.6 Å². The average molecular weight is 538 g/mol. The molecule has 0 spiro atoms. The first-order valence-corrected chi connectivity index (χ1v) is 13.1. The molecular formula is C26H31N7O4S. The number of hydrogen-bond acceptors (Lipinski definition) is 8. The van der Waals surface area contributed by atoms with Gasteiger partial charge in [0.05, 0.1) is 17.4 Å². The van der Waals surface area contributed by atoms with Crippen molar-refractivity contribution >= 4 is 23.3 Å². The van der Waals surface area contributed by atoms with Crippen molar-refractivity contribution in [2.75, 3.05) is 6.54 Å². The summed E-state index contributed by atoms with van der Waals surface area (Å²) in [5.41, 5.74) is 3.25. The van der Waals surface area contributed by atoms with E-state index in [0.29, 0.717) is 41.0 Å². The number of nitriles is 1. The van der Waals surface area contributed by atoms with Crippen LogP contribution in [0, 0.1) is 23.7 Å². The molecule has 11 nitrogen and oxygen atoms in total. The molecule has 2 aromatic heterocycles. The van der Waals surface area contributed by atoms with Crippen LogP contribution in [-0.4, -0.2) is 60.7 Å². The first-order chi connectivity index (χ1) is 17.9. The Bertz CT molecular complexity index is 1410. The highest BCUT2D eigenvalue weighted by molar-refractivity contribution is 7.17. The van der Waals surface area contributed by atoms with Crippen LogP contribution in [0.5, 0.6) is 5.75 Å². The molecule has 0 saturated carbocycles. The lowest BCUT2D eigenvalue weighted by atomic mass is 9.85. The summed E-state index contributed by atoms with van der Waals surface area (Å²) in [6.45, 7) is 12.0. The van der Waals surface area contributed by atoms with Gasteiger partial charge >= 0.3 is 6.09 Å². The Labute approximate surface area is 225 Å². The van der Waals surface area contributed by atoms with Gasteiger partial charge in [-0.1, -0.05) is 32.1 Å². The zero-order valence-corrected chi connectivity index (χ0v) is 23.1. The van der Waals surface area contributed by atoms with Gasteiger partial charge in [-0.25, -0.2) is 9.48 Å². The molecule has 0 saturated heterocycles. The summed E-state index contributed by atoms with van der Waals surface area (Å²) in [5.74, 6) is 0.270. The molecule has 2 N–H and O–H groups in total. The van der Waals surface area contributed by atoms with Gasteiger partial charge in [0, 0.05) is 36.3 Å². The van der Waals surface area contributed by atoms with E-state index in [4.69, 9.17) is 9.84 Å². The number of carbonyl (C=O) groups is 2. The van der Waals surface area contributed by atoms with Gasteiger partial charge in [-0.2, -0.15) is 10.4 Å². The molecule has 0 fully saturated rings. The zero-order chi connectivity index (χ0) is 27.8. The molecule has 3 heterocycles. The number of amides is 2. The van der Waals surface area contributed by atoms with E-state index in [-0.39, 0.29) is 12.0 Å². The van der Waals surface area contributed by atoms with Gasteiger partial charge in [0.15, 0.2) is 0 Å². The van der Waals surface area contributed by atoms with Crippen molar-refractivity contribution in [1.82, 2.24) is 30.2 Å². The molecule has 38 heavy (non-hydrogen) atoms. The molecule has 1 atom stereocenters. The molecule has 0 aliphatic carbocycles. The topological polar surface area (TPSA) is 146 Å². The number of hydrogen-bond donors (Lipinski definition) is 2. The van der Waals surface area contributed by atoms with E-state index in [1.165, 1.54) is 11.3 Å². The van der Waals surface area contributed by atoms with Crippen molar-refractivity contribution in [3.8, 4) is 27.5 Å². The summed E-state index contributed by atoms with van der Waals surface area (Å²) in [6.07, 6.45) is -0.724. The fourth-order valence-electron chi connectivity index (χ4n) is 4.36. The van der Waals surface area contributed by atoms with E-state index < -0.39 is 17.6 Å². The van der Waals surface area contributed by atoms with Crippen molar-refractivity contribution in [3.05, 3.63) is 40.7 Å². The minimum absolute atomic E-state index is 0.0473. The second-order valence-corrected chi connectivity index (χ2v) is 11.5. The number of benzene rings is 1. The zero-order valence-electron chi connectivity index (χ0n) is 22.3. The minimum atomic E-state index is -1.23. The largest absolute Gasteiger partial charge is 0.490 e. The number of rotatable bonds is 6. The molecule has 200 valence electrons. The third kappa shape index (κ3) is 5.47. The van der Waals surface area contributed by atoms with E-state index >= 15 is 0 Å². The van der Waals surface area contributed by atoms with Crippen LogP contribution in [0.25, 0.3) is 15.7 Å². The Morgan fingerprint density at radius 2 is 2.00 bits per heavy atom. The van der Waals surface area contributed by atoms with E-state index in [9.17, 15) is 20.0 Å². The maximum atomic E-state index is 13.3. The van der Waals surface area contributed by atoms with Crippen LogP contribution in [0.2, 0.25) is 0 Å². The third-order valence-corrected chi connectivity index (χ3v) is 7.24. The standard InChI is InChI=1S/C26H31N7O4S/c1-14(2)37-20-8-7-16(11-17(20)12-27)22-29-30-24(38-22)33-15(3)18-13-32(10-9-19(18)31-33)23(34)21(26(4,5)6)28-25(35)36/h7-8,11,14,21,28H,9-10,13H2,1-6H3,(H,35,36). The fourth-order valence-corrected chi connectivity index (χ4v) is 5.21. The SMILES string of the molecule is Cc1c2c(nn1-c1nnc(-c3ccc(OC(C)C)c(C#N)c3)s1)CCN(C(=O)C(NC(=O)O)C(C)(C)C)C2. The maximum absolute atomic E-state index is 13.3. The molecule has 1 aliphatic heterocycles. The van der Waals surface area contributed by atoms with Crippen molar-refractivity contribution in [3.63, 3.8) is 0 Å². The molecule has 4 rings (SSSR count). The monoisotopic (exact) mass is 537 g/mol. The van der Waals surface area contributed by atoms with E-state index in [1.54, 1.807) is 21.7 Å². The van der Waals surface area contributed by atoms with Gasteiger partial charge in [0.1, 0.15) is 22.9 Å². The van der Waals surface area contributed by atoms with E-state index in [0.717, 1.165) is 22.5 Å². The summed E-state index contributed by atoms with van der Waals surface area (Å²) >= 11 is 1.35. The fraction of sp³-hybridized carbons (Fsp3) is 0.462. The lowest BCUT2D eigenvalue weighted by molar-refractivity contribution is -0.136. The second-order valence-electron chi connectivity index (χ2n) is 10.6. The van der Waals surface area contributed by atoms with Crippen LogP contribution in [0.1, 0.15) is 57.1 Å². The van der Waals surface area contributed by atoms with E-state index in [1.807, 2.05) is 47.6 Å². The average Bonchev–Trinajstić information content (AvgIpc) is 3.46. The lowest BCUT2D eigenvalue weighted by Gasteiger charge is -2.35. The molecule has 1 unspecified atom stereocenters. The first-order valence-electron chi connectivity index (χ1n) is 12.3. The number of carbonyl (C=O) groups excluding carboxylic acids is 1. The Hall–Kier alpha value is -3.98. The Kier molecular flexibility index (Phi) is 7.42. The predicted octanol–water partition coefficient (Wildman–Crippen LogP) is 3.93. The van der Waals surface area contributed by atoms with Crippen molar-refractivity contribution in [2.45, 2.75) is 66.7 Å². The number of carboxylic acid groups (broad SMARTS) is 1. The van der Waals surface area contributed by atoms with Crippen molar-refractivity contribution in [2.24, 2.45) is 5.41 Å². The van der Waals surface area contributed by atoms with Crippen LogP contribution in [0.3, 0.4) is 0 Å². The summed E-state index contributed by atoms with van der Waals surface area (Å²) in [4.78, 5) is 26.3. The second kappa shape index (κ2) is 10.4. The number of ether oxygens (including phenoxy) is 1. The summed E-state index contributed by atoms with van der Waals surface area (Å²) in [6, 6.07) is 6.67. The normalized spacial score (nSPS) is 14.1. The van der Waals surface area contributed by atoms with Gasteiger partial charge in [-0.3, -0.25) is 4.79 Å². The van der Waals surface area contributed by atoms with Crippen LogP contribution in [0.4, 0.5) is 4.79 Å². The molecule has 1 aliphatic rings. The lowest BCUT2D eigenvalue weighted by Crippen LogP contribution is -2.55. The minimum Gasteiger partial charge on any atom is -0.490 e. The van der Waals surface area contributed by atoms with Gasteiger partial charge in [-0.15, -0.1) is 10.2 Å². The Balaban J connectivity index is 1.58. The molecule has 2 amide bonds.